The first-order valence-corrected chi connectivity index (χ1v) is 7.32. The Morgan fingerprint density at radius 1 is 1.17 bits per heavy atom. The van der Waals surface area contributed by atoms with Crippen LogP contribution in [0.15, 0.2) is 18.2 Å². The van der Waals surface area contributed by atoms with E-state index in [1.54, 1.807) is 0 Å². The molecule has 1 aliphatic heterocycles. The standard InChI is InChI=1S/C16H23NO/c1-12-11-17-9-8-16(12)18-15-7-6-13-4-2-3-5-14(13)10-15/h6-7,10,12,16-17H,2-5,8-9,11H2,1H3. The Balaban J connectivity index is 1.72. The Morgan fingerprint density at radius 2 is 2.00 bits per heavy atom. The van der Waals surface area contributed by atoms with E-state index in [1.165, 1.54) is 36.8 Å². The van der Waals surface area contributed by atoms with Gasteiger partial charge in [-0.1, -0.05) is 13.0 Å². The SMILES string of the molecule is CC1CNCCC1Oc1ccc2c(c1)CCCC2. The number of fused-ring (bicyclic) bond motifs is 1. The molecule has 1 aromatic rings. The number of hydrogen-bond acceptors (Lipinski definition) is 2. The summed E-state index contributed by atoms with van der Waals surface area (Å²) in [4.78, 5) is 0. The van der Waals surface area contributed by atoms with Crippen LogP contribution in [0.1, 0.15) is 37.3 Å². The summed E-state index contributed by atoms with van der Waals surface area (Å²) in [7, 11) is 0. The van der Waals surface area contributed by atoms with Gasteiger partial charge in [0, 0.05) is 12.5 Å². The monoisotopic (exact) mass is 245 g/mol. The van der Waals surface area contributed by atoms with Crippen molar-refractivity contribution in [3.05, 3.63) is 29.3 Å². The third-order valence-corrected chi connectivity index (χ3v) is 4.31. The van der Waals surface area contributed by atoms with Crippen molar-refractivity contribution in [2.24, 2.45) is 5.92 Å². The first kappa shape index (κ1) is 12.0. The summed E-state index contributed by atoms with van der Waals surface area (Å²) < 4.78 is 6.19. The van der Waals surface area contributed by atoms with E-state index in [0.717, 1.165) is 25.3 Å². The van der Waals surface area contributed by atoms with Crippen LogP contribution in [0.25, 0.3) is 0 Å². The molecule has 2 atom stereocenters. The summed E-state index contributed by atoms with van der Waals surface area (Å²) >= 11 is 0. The van der Waals surface area contributed by atoms with Gasteiger partial charge >= 0.3 is 0 Å². The zero-order valence-electron chi connectivity index (χ0n) is 11.2. The predicted octanol–water partition coefficient (Wildman–Crippen LogP) is 2.94. The van der Waals surface area contributed by atoms with Gasteiger partial charge in [0.2, 0.25) is 0 Å². The minimum Gasteiger partial charge on any atom is -0.490 e. The topological polar surface area (TPSA) is 21.3 Å². The largest absolute Gasteiger partial charge is 0.490 e. The van der Waals surface area contributed by atoms with Crippen LogP contribution in [0, 0.1) is 5.92 Å². The Hall–Kier alpha value is -1.02. The van der Waals surface area contributed by atoms with Crippen molar-refractivity contribution in [2.45, 2.75) is 45.1 Å². The lowest BCUT2D eigenvalue weighted by Gasteiger charge is -2.30. The van der Waals surface area contributed by atoms with E-state index in [2.05, 4.69) is 30.4 Å². The van der Waals surface area contributed by atoms with Crippen molar-refractivity contribution in [2.75, 3.05) is 13.1 Å². The highest BCUT2D eigenvalue weighted by Crippen LogP contribution is 2.27. The molecule has 0 saturated carbocycles. The molecule has 98 valence electrons. The Morgan fingerprint density at radius 3 is 2.83 bits per heavy atom. The van der Waals surface area contributed by atoms with Crippen molar-refractivity contribution >= 4 is 0 Å². The Bertz CT molecular complexity index is 416. The molecule has 0 bridgehead atoms. The predicted molar refractivity (Wildman–Crippen MR) is 74.2 cm³/mol. The van der Waals surface area contributed by atoms with Gasteiger partial charge in [0.05, 0.1) is 0 Å². The normalized spacial score (nSPS) is 27.6. The van der Waals surface area contributed by atoms with E-state index < -0.39 is 0 Å². The summed E-state index contributed by atoms with van der Waals surface area (Å²) in [6.45, 7) is 4.44. The molecule has 3 rings (SSSR count). The molecular formula is C16H23NO. The molecular weight excluding hydrogens is 222 g/mol. The third-order valence-electron chi connectivity index (χ3n) is 4.31. The Kier molecular flexibility index (Phi) is 3.55. The van der Waals surface area contributed by atoms with Gasteiger partial charge in [-0.05, 0) is 61.9 Å². The van der Waals surface area contributed by atoms with E-state index in [9.17, 15) is 0 Å². The summed E-state index contributed by atoms with van der Waals surface area (Å²) in [6.07, 6.45) is 6.66. The fraction of sp³-hybridized carbons (Fsp3) is 0.625. The number of ether oxygens (including phenoxy) is 1. The molecule has 2 heteroatoms. The molecule has 18 heavy (non-hydrogen) atoms. The molecule has 1 fully saturated rings. The van der Waals surface area contributed by atoms with Crippen LogP contribution in [0.3, 0.4) is 0 Å². The molecule has 1 aliphatic carbocycles. The molecule has 0 spiro atoms. The van der Waals surface area contributed by atoms with Crippen molar-refractivity contribution in [3.8, 4) is 5.75 Å². The molecule has 0 radical (unpaired) electrons. The van der Waals surface area contributed by atoms with Crippen molar-refractivity contribution in [3.63, 3.8) is 0 Å². The second kappa shape index (κ2) is 5.31. The van der Waals surface area contributed by atoms with Gasteiger partial charge in [0.25, 0.3) is 0 Å². The number of benzene rings is 1. The number of hydrogen-bond donors (Lipinski definition) is 1. The third kappa shape index (κ3) is 2.54. The fourth-order valence-corrected chi connectivity index (χ4v) is 3.12. The Labute approximate surface area is 110 Å². The zero-order chi connectivity index (χ0) is 12.4. The first-order valence-electron chi connectivity index (χ1n) is 7.32. The molecule has 0 amide bonds. The van der Waals surface area contributed by atoms with Crippen molar-refractivity contribution in [1.82, 2.24) is 5.32 Å². The van der Waals surface area contributed by atoms with Crippen LogP contribution >= 0.6 is 0 Å². The molecule has 2 aliphatic rings. The maximum Gasteiger partial charge on any atom is 0.120 e. The smallest absolute Gasteiger partial charge is 0.120 e. The summed E-state index contributed by atoms with van der Waals surface area (Å²) in [5.74, 6) is 1.68. The fourth-order valence-electron chi connectivity index (χ4n) is 3.12. The second-order valence-electron chi connectivity index (χ2n) is 5.76. The first-order chi connectivity index (χ1) is 8.83. The average molecular weight is 245 g/mol. The highest BCUT2D eigenvalue weighted by atomic mass is 16.5. The average Bonchev–Trinajstić information content (AvgIpc) is 2.41. The number of aryl methyl sites for hydroxylation is 2. The van der Waals surface area contributed by atoms with Gasteiger partial charge in [-0.3, -0.25) is 0 Å². The van der Waals surface area contributed by atoms with Gasteiger partial charge in [-0.15, -0.1) is 0 Å². The summed E-state index contributed by atoms with van der Waals surface area (Å²) in [6, 6.07) is 6.72. The van der Waals surface area contributed by atoms with E-state index in [0.29, 0.717) is 12.0 Å². The van der Waals surface area contributed by atoms with Gasteiger partial charge < -0.3 is 10.1 Å². The number of piperidine rings is 1. The maximum absolute atomic E-state index is 6.19. The van der Waals surface area contributed by atoms with Gasteiger partial charge in [-0.25, -0.2) is 0 Å². The van der Waals surface area contributed by atoms with Gasteiger partial charge in [0.15, 0.2) is 0 Å². The van der Waals surface area contributed by atoms with Crippen LogP contribution < -0.4 is 10.1 Å². The minimum absolute atomic E-state index is 0.382. The minimum atomic E-state index is 0.382. The molecule has 1 N–H and O–H groups in total. The lowest BCUT2D eigenvalue weighted by Crippen LogP contribution is -2.41. The maximum atomic E-state index is 6.19. The molecule has 1 aromatic carbocycles. The highest BCUT2D eigenvalue weighted by Gasteiger charge is 2.23. The van der Waals surface area contributed by atoms with E-state index in [4.69, 9.17) is 4.74 Å². The lowest BCUT2D eigenvalue weighted by molar-refractivity contribution is 0.112. The summed E-state index contributed by atoms with van der Waals surface area (Å²) in [5, 5.41) is 3.42. The van der Waals surface area contributed by atoms with Crippen LogP contribution in [0.2, 0.25) is 0 Å². The number of rotatable bonds is 2. The second-order valence-corrected chi connectivity index (χ2v) is 5.76. The quantitative estimate of drug-likeness (QED) is 0.865. The highest BCUT2D eigenvalue weighted by molar-refractivity contribution is 5.37. The van der Waals surface area contributed by atoms with Crippen molar-refractivity contribution in [1.29, 1.82) is 0 Å². The molecule has 1 saturated heterocycles. The molecule has 2 nitrogen and oxygen atoms in total. The van der Waals surface area contributed by atoms with Crippen LogP contribution in [-0.4, -0.2) is 19.2 Å². The van der Waals surface area contributed by atoms with E-state index in [1.807, 2.05) is 0 Å². The van der Waals surface area contributed by atoms with Crippen LogP contribution in [-0.2, 0) is 12.8 Å². The summed E-state index contributed by atoms with van der Waals surface area (Å²) in [5.41, 5.74) is 3.05. The van der Waals surface area contributed by atoms with Crippen molar-refractivity contribution < 1.29 is 4.74 Å². The van der Waals surface area contributed by atoms with Gasteiger partial charge in [-0.2, -0.15) is 0 Å². The van der Waals surface area contributed by atoms with Gasteiger partial charge in [0.1, 0.15) is 11.9 Å². The van der Waals surface area contributed by atoms with Crippen LogP contribution in [0.5, 0.6) is 5.75 Å². The lowest BCUT2D eigenvalue weighted by atomic mass is 9.91. The zero-order valence-corrected chi connectivity index (χ0v) is 11.2. The van der Waals surface area contributed by atoms with Crippen LogP contribution in [0.4, 0.5) is 0 Å². The van der Waals surface area contributed by atoms with E-state index >= 15 is 0 Å². The molecule has 2 unspecified atom stereocenters. The molecule has 1 heterocycles. The molecule has 0 aromatic heterocycles. The number of nitrogens with one attached hydrogen (secondary N) is 1. The van der Waals surface area contributed by atoms with E-state index in [-0.39, 0.29) is 0 Å².